The molecule has 0 aliphatic carbocycles. The zero-order valence-electron chi connectivity index (χ0n) is 12.0. The number of aromatic amines is 1. The van der Waals surface area contributed by atoms with Gasteiger partial charge in [-0.25, -0.2) is 4.39 Å². The third-order valence-corrected chi connectivity index (χ3v) is 4.13. The molecule has 1 aromatic heterocycles. The number of carbonyl (C=O) groups is 2. The maximum atomic E-state index is 13.3. The van der Waals surface area contributed by atoms with E-state index in [1.807, 2.05) is 0 Å². The van der Waals surface area contributed by atoms with Crippen LogP contribution in [0.15, 0.2) is 18.2 Å². The maximum Gasteiger partial charge on any atom is 0.306 e. The van der Waals surface area contributed by atoms with E-state index in [-0.39, 0.29) is 36.2 Å². The predicted octanol–water partition coefficient (Wildman–Crippen LogP) is 2.28. The Balaban J connectivity index is 1.85. The number of amides is 1. The van der Waals surface area contributed by atoms with Crippen LogP contribution in [0.25, 0.3) is 10.9 Å². The topological polar surface area (TPSA) is 82.6 Å². The van der Waals surface area contributed by atoms with Gasteiger partial charge in [-0.3, -0.25) is 9.59 Å². The van der Waals surface area contributed by atoms with Crippen LogP contribution in [-0.4, -0.2) is 52.7 Å². The molecule has 2 N–H and O–H groups in total. The third kappa shape index (κ3) is 3.16. The number of nitrogens with one attached hydrogen (secondary N) is 1. The van der Waals surface area contributed by atoms with E-state index in [0.717, 1.165) is 0 Å². The minimum atomic E-state index is -0.983. The summed E-state index contributed by atoms with van der Waals surface area (Å²) in [5.41, 5.74) is 0.735. The van der Waals surface area contributed by atoms with E-state index >= 15 is 0 Å². The molecule has 23 heavy (non-hydrogen) atoms. The van der Waals surface area contributed by atoms with Gasteiger partial charge in [-0.2, -0.15) is 0 Å². The van der Waals surface area contributed by atoms with Crippen molar-refractivity contribution in [3.63, 3.8) is 0 Å². The quantitative estimate of drug-likeness (QED) is 0.898. The molecule has 0 radical (unpaired) electrons. The molecular weight excluding hydrogens is 327 g/mol. The standard InChI is InChI=1S/C15H14ClFN2O4/c16-13-10-5-8(17)1-2-11(10)18-14(13)15(22)19-3-4-23-9(7-19)6-12(20)21/h1-2,5,9,18H,3-4,6-7H2,(H,20,21). The van der Waals surface area contributed by atoms with Crippen molar-refractivity contribution >= 4 is 34.4 Å². The number of carbonyl (C=O) groups excluding carboxylic acids is 1. The van der Waals surface area contributed by atoms with Gasteiger partial charge < -0.3 is 19.7 Å². The van der Waals surface area contributed by atoms with E-state index in [0.29, 0.717) is 17.4 Å². The van der Waals surface area contributed by atoms with E-state index in [1.165, 1.54) is 23.1 Å². The lowest BCUT2D eigenvalue weighted by molar-refractivity contribution is -0.141. The van der Waals surface area contributed by atoms with E-state index in [4.69, 9.17) is 21.4 Å². The Morgan fingerprint density at radius 2 is 2.26 bits per heavy atom. The fourth-order valence-corrected chi connectivity index (χ4v) is 2.94. The molecule has 1 aliphatic rings. The molecule has 1 unspecified atom stereocenters. The number of hydrogen-bond donors (Lipinski definition) is 2. The molecule has 0 saturated carbocycles. The predicted molar refractivity (Wildman–Crippen MR) is 81.2 cm³/mol. The van der Waals surface area contributed by atoms with Crippen molar-refractivity contribution in [1.29, 1.82) is 0 Å². The van der Waals surface area contributed by atoms with E-state index < -0.39 is 17.9 Å². The van der Waals surface area contributed by atoms with Crippen LogP contribution >= 0.6 is 11.6 Å². The minimum absolute atomic E-state index is 0.158. The van der Waals surface area contributed by atoms with Crippen molar-refractivity contribution in [2.45, 2.75) is 12.5 Å². The molecule has 0 bridgehead atoms. The first kappa shape index (κ1) is 15.8. The maximum absolute atomic E-state index is 13.3. The van der Waals surface area contributed by atoms with Gasteiger partial charge in [0.25, 0.3) is 5.91 Å². The average Bonchev–Trinajstić information content (AvgIpc) is 2.83. The molecule has 1 aliphatic heterocycles. The van der Waals surface area contributed by atoms with Gasteiger partial charge in [0, 0.05) is 24.0 Å². The van der Waals surface area contributed by atoms with Crippen LogP contribution in [0.4, 0.5) is 4.39 Å². The number of halogens is 2. The molecule has 6 nitrogen and oxygen atoms in total. The summed E-state index contributed by atoms with van der Waals surface area (Å²) < 4.78 is 18.7. The Bertz CT molecular complexity index is 776. The summed E-state index contributed by atoms with van der Waals surface area (Å²) in [6.45, 7) is 0.774. The van der Waals surface area contributed by atoms with Crippen LogP contribution in [0.2, 0.25) is 5.02 Å². The van der Waals surface area contributed by atoms with Gasteiger partial charge in [0.1, 0.15) is 11.5 Å². The smallest absolute Gasteiger partial charge is 0.306 e. The Labute approximate surface area is 135 Å². The highest BCUT2D eigenvalue weighted by atomic mass is 35.5. The van der Waals surface area contributed by atoms with Crippen molar-refractivity contribution in [3.8, 4) is 0 Å². The number of aliphatic carboxylic acids is 1. The van der Waals surface area contributed by atoms with Gasteiger partial charge in [-0.05, 0) is 18.2 Å². The van der Waals surface area contributed by atoms with Crippen LogP contribution in [0.3, 0.4) is 0 Å². The summed E-state index contributed by atoms with van der Waals surface area (Å²) in [7, 11) is 0. The van der Waals surface area contributed by atoms with Crippen molar-refractivity contribution in [2.24, 2.45) is 0 Å². The van der Waals surface area contributed by atoms with Crippen molar-refractivity contribution in [1.82, 2.24) is 9.88 Å². The molecule has 1 fully saturated rings. The number of morpholine rings is 1. The van der Waals surface area contributed by atoms with Gasteiger partial charge in [0.15, 0.2) is 0 Å². The Kier molecular flexibility index (Phi) is 4.23. The van der Waals surface area contributed by atoms with Crippen LogP contribution in [0.1, 0.15) is 16.9 Å². The van der Waals surface area contributed by atoms with Gasteiger partial charge >= 0.3 is 5.97 Å². The summed E-state index contributed by atoms with van der Waals surface area (Å²) in [5.74, 6) is -1.78. The number of carboxylic acid groups (broad SMARTS) is 1. The summed E-state index contributed by atoms with van der Waals surface area (Å²) in [6, 6.07) is 4.05. The summed E-state index contributed by atoms with van der Waals surface area (Å²) in [5, 5.41) is 9.42. The molecular formula is C15H14ClFN2O4. The average molecular weight is 341 g/mol. The zero-order valence-corrected chi connectivity index (χ0v) is 12.8. The first-order valence-electron chi connectivity index (χ1n) is 7.05. The lowest BCUT2D eigenvalue weighted by atomic mass is 10.2. The van der Waals surface area contributed by atoms with Crippen LogP contribution < -0.4 is 0 Å². The van der Waals surface area contributed by atoms with E-state index in [9.17, 15) is 14.0 Å². The fourth-order valence-electron chi connectivity index (χ4n) is 2.66. The first-order chi connectivity index (χ1) is 11.0. The number of nitrogens with zero attached hydrogens (tertiary/aromatic N) is 1. The summed E-state index contributed by atoms with van der Waals surface area (Å²) in [6.07, 6.45) is -0.721. The third-order valence-electron chi connectivity index (χ3n) is 3.74. The summed E-state index contributed by atoms with van der Waals surface area (Å²) in [4.78, 5) is 27.8. The van der Waals surface area contributed by atoms with Gasteiger partial charge in [0.2, 0.25) is 0 Å². The molecule has 2 heterocycles. The second-order valence-electron chi connectivity index (χ2n) is 5.35. The van der Waals surface area contributed by atoms with Crippen molar-refractivity contribution in [2.75, 3.05) is 19.7 Å². The number of benzene rings is 1. The highest BCUT2D eigenvalue weighted by molar-refractivity contribution is 6.38. The van der Waals surface area contributed by atoms with Gasteiger partial charge in [-0.15, -0.1) is 0 Å². The highest BCUT2D eigenvalue weighted by Gasteiger charge is 2.29. The Hall–Kier alpha value is -2.12. The number of aromatic nitrogens is 1. The fraction of sp³-hybridized carbons (Fsp3) is 0.333. The molecule has 3 rings (SSSR count). The molecule has 1 amide bonds. The molecule has 0 spiro atoms. The van der Waals surface area contributed by atoms with Gasteiger partial charge in [0.05, 0.1) is 24.2 Å². The lowest BCUT2D eigenvalue weighted by Gasteiger charge is -2.32. The Morgan fingerprint density at radius 1 is 1.48 bits per heavy atom. The number of H-pyrrole nitrogens is 1. The molecule has 1 atom stereocenters. The highest BCUT2D eigenvalue weighted by Crippen LogP contribution is 2.29. The number of ether oxygens (including phenoxy) is 1. The monoisotopic (exact) mass is 340 g/mol. The molecule has 1 saturated heterocycles. The van der Waals surface area contributed by atoms with Crippen LogP contribution in [-0.2, 0) is 9.53 Å². The minimum Gasteiger partial charge on any atom is -0.481 e. The Morgan fingerprint density at radius 3 is 3.00 bits per heavy atom. The molecule has 122 valence electrons. The first-order valence-corrected chi connectivity index (χ1v) is 7.43. The lowest BCUT2D eigenvalue weighted by Crippen LogP contribution is -2.46. The van der Waals surface area contributed by atoms with Crippen LogP contribution in [0.5, 0.6) is 0 Å². The zero-order chi connectivity index (χ0) is 16.6. The molecule has 8 heteroatoms. The number of fused-ring (bicyclic) bond motifs is 1. The molecule has 2 aromatic rings. The van der Waals surface area contributed by atoms with Crippen LogP contribution in [0, 0.1) is 5.82 Å². The normalized spacial score (nSPS) is 18.3. The summed E-state index contributed by atoms with van der Waals surface area (Å²) >= 11 is 6.19. The van der Waals surface area contributed by atoms with Crippen molar-refractivity contribution in [3.05, 3.63) is 34.7 Å². The second kappa shape index (κ2) is 6.17. The van der Waals surface area contributed by atoms with E-state index in [2.05, 4.69) is 4.98 Å². The number of hydrogen-bond acceptors (Lipinski definition) is 3. The SMILES string of the molecule is O=C(O)CC1CN(C(=O)c2[nH]c3ccc(F)cc3c2Cl)CCO1. The largest absolute Gasteiger partial charge is 0.481 e. The second-order valence-corrected chi connectivity index (χ2v) is 5.72. The van der Waals surface area contributed by atoms with Gasteiger partial charge in [-0.1, -0.05) is 11.6 Å². The number of rotatable bonds is 3. The molecule has 1 aromatic carbocycles. The van der Waals surface area contributed by atoms with Crippen molar-refractivity contribution < 1.29 is 23.8 Å². The number of carboxylic acids is 1. The van der Waals surface area contributed by atoms with E-state index in [1.54, 1.807) is 0 Å².